The van der Waals surface area contributed by atoms with Gasteiger partial charge in [0.1, 0.15) is 11.8 Å². The minimum Gasteiger partial charge on any atom is -0.481 e. The van der Waals surface area contributed by atoms with E-state index in [0.29, 0.717) is 11.3 Å². The summed E-state index contributed by atoms with van der Waals surface area (Å²) < 4.78 is 10.3. The van der Waals surface area contributed by atoms with Crippen LogP contribution >= 0.6 is 0 Å². The first kappa shape index (κ1) is 20.5. The van der Waals surface area contributed by atoms with E-state index in [0.717, 1.165) is 5.56 Å². The quantitative estimate of drug-likeness (QED) is 0.655. The second kappa shape index (κ2) is 10.3. The van der Waals surface area contributed by atoms with Gasteiger partial charge in [0, 0.05) is 12.2 Å². The molecule has 0 aliphatic heterocycles. The maximum Gasteiger partial charge on any atom is 0.344 e. The first-order chi connectivity index (χ1) is 13.5. The van der Waals surface area contributed by atoms with Gasteiger partial charge in [-0.25, -0.2) is 4.79 Å². The maximum atomic E-state index is 12.5. The number of hydrogen-bond donors (Lipinski definition) is 0. The van der Waals surface area contributed by atoms with E-state index in [1.54, 1.807) is 36.4 Å². The van der Waals surface area contributed by atoms with Crippen LogP contribution in [0.3, 0.4) is 0 Å². The van der Waals surface area contributed by atoms with E-state index in [1.807, 2.05) is 31.2 Å². The number of aryl methyl sites for hydroxylation is 1. The Kier molecular flexibility index (Phi) is 7.56. The fourth-order valence-corrected chi connectivity index (χ4v) is 2.37. The predicted molar refractivity (Wildman–Crippen MR) is 101 cm³/mol. The number of benzene rings is 2. The Morgan fingerprint density at radius 1 is 1.04 bits per heavy atom. The van der Waals surface area contributed by atoms with Gasteiger partial charge in [-0.1, -0.05) is 29.8 Å². The fourth-order valence-electron chi connectivity index (χ4n) is 2.37. The van der Waals surface area contributed by atoms with Gasteiger partial charge in [0.15, 0.2) is 13.2 Å². The topological polar surface area (TPSA) is 103 Å². The number of ether oxygens (including phenoxy) is 2. The molecular weight excluding hydrogens is 358 g/mol. The van der Waals surface area contributed by atoms with Crippen molar-refractivity contribution >= 4 is 17.6 Å². The molecule has 0 heterocycles. The number of esters is 1. The van der Waals surface area contributed by atoms with Crippen LogP contribution in [0.1, 0.15) is 17.5 Å². The van der Waals surface area contributed by atoms with Crippen LogP contribution in [0.5, 0.6) is 5.75 Å². The normalized spacial score (nSPS) is 9.68. The largest absolute Gasteiger partial charge is 0.481 e. The van der Waals surface area contributed by atoms with Gasteiger partial charge in [0.25, 0.3) is 5.91 Å². The average molecular weight is 377 g/mol. The number of para-hydroxylation sites is 1. The molecule has 2 aromatic rings. The van der Waals surface area contributed by atoms with Crippen molar-refractivity contribution in [2.24, 2.45) is 0 Å². The van der Waals surface area contributed by atoms with E-state index < -0.39 is 25.1 Å². The van der Waals surface area contributed by atoms with Crippen molar-refractivity contribution in [1.29, 1.82) is 10.5 Å². The van der Waals surface area contributed by atoms with Crippen LogP contribution in [-0.4, -0.2) is 31.6 Å². The molecule has 28 heavy (non-hydrogen) atoms. The highest BCUT2D eigenvalue weighted by atomic mass is 16.6. The summed E-state index contributed by atoms with van der Waals surface area (Å²) in [7, 11) is 0. The molecule has 0 aliphatic rings. The molecule has 0 atom stereocenters. The first-order valence-corrected chi connectivity index (χ1v) is 8.56. The van der Waals surface area contributed by atoms with Crippen molar-refractivity contribution in [3.8, 4) is 17.9 Å². The van der Waals surface area contributed by atoms with Crippen molar-refractivity contribution < 1.29 is 19.1 Å². The number of hydrogen-bond acceptors (Lipinski definition) is 6. The lowest BCUT2D eigenvalue weighted by atomic mass is 10.2. The number of carbonyl (C=O) groups excluding carboxylic acids is 2. The molecule has 7 nitrogen and oxygen atoms in total. The van der Waals surface area contributed by atoms with E-state index in [1.165, 1.54) is 4.90 Å². The summed E-state index contributed by atoms with van der Waals surface area (Å²) in [5.74, 6) is -0.904. The second-order valence-corrected chi connectivity index (χ2v) is 5.85. The molecule has 0 fully saturated rings. The van der Waals surface area contributed by atoms with Crippen molar-refractivity contribution in [3.63, 3.8) is 0 Å². The van der Waals surface area contributed by atoms with Gasteiger partial charge in [-0.05, 0) is 31.2 Å². The highest BCUT2D eigenvalue weighted by molar-refractivity contribution is 5.95. The van der Waals surface area contributed by atoms with Gasteiger partial charge in [-0.2, -0.15) is 10.5 Å². The van der Waals surface area contributed by atoms with E-state index in [4.69, 9.17) is 20.0 Å². The van der Waals surface area contributed by atoms with Crippen LogP contribution in [0, 0.1) is 29.6 Å². The molecule has 0 aliphatic carbocycles. The molecule has 0 bridgehead atoms. The molecule has 0 radical (unpaired) electrons. The Morgan fingerprint density at radius 3 is 2.43 bits per heavy atom. The molecule has 0 saturated carbocycles. The third-order valence-corrected chi connectivity index (χ3v) is 3.80. The summed E-state index contributed by atoms with van der Waals surface area (Å²) in [5, 5.41) is 17.8. The number of anilines is 1. The molecule has 0 N–H and O–H groups in total. The highest BCUT2D eigenvalue weighted by Gasteiger charge is 2.18. The monoisotopic (exact) mass is 377 g/mol. The van der Waals surface area contributed by atoms with Crippen LogP contribution in [-0.2, 0) is 14.3 Å². The number of amides is 1. The Labute approximate surface area is 163 Å². The zero-order valence-corrected chi connectivity index (χ0v) is 15.4. The Morgan fingerprint density at radius 2 is 1.75 bits per heavy atom. The molecule has 0 saturated heterocycles. The fraction of sp³-hybridized carbons (Fsp3) is 0.238. The summed E-state index contributed by atoms with van der Waals surface area (Å²) in [5.41, 5.74) is 1.96. The Hall–Kier alpha value is -3.84. The van der Waals surface area contributed by atoms with Gasteiger partial charge in [0.2, 0.25) is 0 Å². The Balaban J connectivity index is 1.92. The van der Waals surface area contributed by atoms with Crippen LogP contribution in [0.4, 0.5) is 5.69 Å². The van der Waals surface area contributed by atoms with Crippen LogP contribution in [0.2, 0.25) is 0 Å². The summed E-state index contributed by atoms with van der Waals surface area (Å²) in [6.45, 7) is 1.23. The first-order valence-electron chi connectivity index (χ1n) is 8.56. The van der Waals surface area contributed by atoms with Crippen LogP contribution < -0.4 is 9.64 Å². The number of rotatable bonds is 8. The van der Waals surface area contributed by atoms with Gasteiger partial charge >= 0.3 is 5.97 Å². The second-order valence-electron chi connectivity index (χ2n) is 5.85. The summed E-state index contributed by atoms with van der Waals surface area (Å²) in [4.78, 5) is 25.8. The van der Waals surface area contributed by atoms with E-state index in [-0.39, 0.29) is 18.7 Å². The molecule has 2 aromatic carbocycles. The molecule has 0 spiro atoms. The highest BCUT2D eigenvalue weighted by Crippen LogP contribution is 2.17. The number of nitrogens with zero attached hydrogens (tertiary/aromatic N) is 3. The lowest BCUT2D eigenvalue weighted by molar-refractivity contribution is -0.149. The molecule has 2 rings (SSSR count). The van der Waals surface area contributed by atoms with Gasteiger partial charge in [-0.3, -0.25) is 4.79 Å². The van der Waals surface area contributed by atoms with Crippen molar-refractivity contribution in [2.75, 3.05) is 24.7 Å². The SMILES string of the molecule is Cc1ccc(N(CCC#N)C(=O)COC(=O)COc2ccccc2C#N)cc1. The van der Waals surface area contributed by atoms with Crippen molar-refractivity contribution in [1.82, 2.24) is 0 Å². The van der Waals surface area contributed by atoms with Gasteiger partial charge in [0.05, 0.1) is 18.1 Å². The summed E-state index contributed by atoms with van der Waals surface area (Å²) >= 11 is 0. The minimum absolute atomic E-state index is 0.154. The Bertz CT molecular complexity index is 910. The van der Waals surface area contributed by atoms with E-state index >= 15 is 0 Å². The lowest BCUT2D eigenvalue weighted by Crippen LogP contribution is -2.36. The zero-order chi connectivity index (χ0) is 20.4. The standard InChI is InChI=1S/C21H19N3O4/c1-16-7-9-18(10-8-16)24(12-4-11-22)20(25)14-28-21(26)15-27-19-6-3-2-5-17(19)13-23/h2-3,5-10H,4,12,14-15H2,1H3. The van der Waals surface area contributed by atoms with Gasteiger partial charge < -0.3 is 14.4 Å². The molecule has 7 heteroatoms. The summed E-state index contributed by atoms with van der Waals surface area (Å²) in [6, 6.07) is 17.7. The molecule has 142 valence electrons. The molecule has 0 aromatic heterocycles. The van der Waals surface area contributed by atoms with Crippen molar-refractivity contribution in [2.45, 2.75) is 13.3 Å². The molecular formula is C21H19N3O4. The number of carbonyl (C=O) groups is 2. The summed E-state index contributed by atoms with van der Waals surface area (Å²) in [6.07, 6.45) is 0.154. The number of nitriles is 2. The van der Waals surface area contributed by atoms with E-state index in [9.17, 15) is 9.59 Å². The van der Waals surface area contributed by atoms with Gasteiger partial charge in [-0.15, -0.1) is 0 Å². The van der Waals surface area contributed by atoms with E-state index in [2.05, 4.69) is 0 Å². The zero-order valence-electron chi connectivity index (χ0n) is 15.4. The third-order valence-electron chi connectivity index (χ3n) is 3.80. The minimum atomic E-state index is -0.731. The van der Waals surface area contributed by atoms with Crippen LogP contribution in [0.25, 0.3) is 0 Å². The lowest BCUT2D eigenvalue weighted by Gasteiger charge is -2.21. The maximum absolute atomic E-state index is 12.5. The molecule has 0 unspecified atom stereocenters. The third kappa shape index (κ3) is 5.86. The molecule has 1 amide bonds. The predicted octanol–water partition coefficient (Wildman–Crippen LogP) is 2.74. The van der Waals surface area contributed by atoms with Crippen LogP contribution in [0.15, 0.2) is 48.5 Å². The smallest absolute Gasteiger partial charge is 0.344 e. The van der Waals surface area contributed by atoms with Crippen molar-refractivity contribution in [3.05, 3.63) is 59.7 Å². The average Bonchev–Trinajstić information content (AvgIpc) is 2.72.